The molecule has 2 aliphatic heterocycles. The van der Waals surface area contributed by atoms with Crippen molar-refractivity contribution < 1.29 is 14.6 Å². The summed E-state index contributed by atoms with van der Waals surface area (Å²) in [6.07, 6.45) is 2.35. The lowest BCUT2D eigenvalue weighted by Crippen LogP contribution is -2.46. The summed E-state index contributed by atoms with van der Waals surface area (Å²) in [5.74, 6) is 1.40. The number of aromatic hydroxyl groups is 1. The second-order valence-corrected chi connectivity index (χ2v) is 5.47. The Morgan fingerprint density at radius 2 is 2.18 bits per heavy atom. The van der Waals surface area contributed by atoms with Gasteiger partial charge >= 0.3 is 0 Å². The first-order valence-corrected chi connectivity index (χ1v) is 6.21. The van der Waals surface area contributed by atoms with E-state index in [0.717, 1.165) is 30.8 Å². The number of phenolic OH excluding ortho intramolecular Hbond substituents is 1. The van der Waals surface area contributed by atoms with E-state index in [9.17, 15) is 5.11 Å². The van der Waals surface area contributed by atoms with Gasteiger partial charge in [0.2, 0.25) is 0 Å². The van der Waals surface area contributed by atoms with Crippen molar-refractivity contribution in [2.24, 2.45) is 5.92 Å². The van der Waals surface area contributed by atoms with Gasteiger partial charge in [-0.3, -0.25) is 0 Å². The van der Waals surface area contributed by atoms with Gasteiger partial charge < -0.3 is 14.6 Å². The van der Waals surface area contributed by atoms with Gasteiger partial charge in [-0.05, 0) is 38.8 Å². The molecule has 3 nitrogen and oxygen atoms in total. The van der Waals surface area contributed by atoms with Crippen molar-refractivity contribution >= 4 is 0 Å². The third-order valence-electron chi connectivity index (χ3n) is 3.89. The zero-order valence-electron chi connectivity index (χ0n) is 10.3. The Hall–Kier alpha value is -1.22. The van der Waals surface area contributed by atoms with E-state index in [4.69, 9.17) is 9.47 Å². The van der Waals surface area contributed by atoms with Crippen molar-refractivity contribution in [3.63, 3.8) is 0 Å². The van der Waals surface area contributed by atoms with Crippen LogP contribution in [-0.4, -0.2) is 17.3 Å². The summed E-state index contributed by atoms with van der Waals surface area (Å²) in [6.45, 7) is 5.02. The fourth-order valence-electron chi connectivity index (χ4n) is 3.01. The molecule has 2 atom stereocenters. The van der Waals surface area contributed by atoms with Gasteiger partial charge in [0.05, 0.1) is 6.10 Å². The molecule has 1 aromatic rings. The Labute approximate surface area is 101 Å². The molecule has 1 N–H and O–H groups in total. The van der Waals surface area contributed by atoms with Gasteiger partial charge in [0.25, 0.3) is 0 Å². The van der Waals surface area contributed by atoms with Crippen LogP contribution in [0.3, 0.4) is 0 Å². The number of hydrogen-bond acceptors (Lipinski definition) is 3. The Morgan fingerprint density at radius 1 is 1.35 bits per heavy atom. The van der Waals surface area contributed by atoms with E-state index in [0.29, 0.717) is 5.92 Å². The monoisotopic (exact) mass is 234 g/mol. The first-order valence-electron chi connectivity index (χ1n) is 6.21. The average molecular weight is 234 g/mol. The fourth-order valence-corrected chi connectivity index (χ4v) is 3.01. The van der Waals surface area contributed by atoms with Crippen LogP contribution < -0.4 is 4.74 Å². The number of hydrogen-bond donors (Lipinski definition) is 1. The summed E-state index contributed by atoms with van der Waals surface area (Å²) in [7, 11) is 0. The molecule has 17 heavy (non-hydrogen) atoms. The lowest BCUT2D eigenvalue weighted by molar-refractivity contribution is -0.116. The van der Waals surface area contributed by atoms with Gasteiger partial charge in [0.15, 0.2) is 0 Å². The molecule has 0 bridgehead atoms. The molecule has 3 rings (SSSR count). The van der Waals surface area contributed by atoms with E-state index >= 15 is 0 Å². The summed E-state index contributed by atoms with van der Waals surface area (Å²) in [5, 5.41) is 9.53. The van der Waals surface area contributed by atoms with Gasteiger partial charge in [-0.15, -0.1) is 0 Å². The van der Waals surface area contributed by atoms with E-state index in [1.165, 1.54) is 0 Å². The molecular formula is C14H18O3. The minimum atomic E-state index is -0.230. The summed E-state index contributed by atoms with van der Waals surface area (Å²) in [5.41, 5.74) is 0.845. The molecule has 1 fully saturated rings. The summed E-state index contributed by atoms with van der Waals surface area (Å²) >= 11 is 0. The largest absolute Gasteiger partial charge is 0.508 e. The first kappa shape index (κ1) is 10.9. The second-order valence-electron chi connectivity index (χ2n) is 5.47. The van der Waals surface area contributed by atoms with Crippen molar-refractivity contribution in [3.8, 4) is 11.5 Å². The molecule has 0 radical (unpaired) electrons. The number of benzene rings is 1. The minimum absolute atomic E-state index is 0.114. The van der Waals surface area contributed by atoms with Crippen LogP contribution in [0.15, 0.2) is 18.2 Å². The van der Waals surface area contributed by atoms with Crippen LogP contribution in [0.5, 0.6) is 11.5 Å². The van der Waals surface area contributed by atoms with Crippen molar-refractivity contribution in [2.45, 2.75) is 38.4 Å². The van der Waals surface area contributed by atoms with Crippen LogP contribution in [0, 0.1) is 5.92 Å². The smallest absolute Gasteiger partial charge is 0.129 e. The molecule has 0 saturated carbocycles. The highest BCUT2D eigenvalue weighted by atomic mass is 16.5. The van der Waals surface area contributed by atoms with Gasteiger partial charge in [-0.1, -0.05) is 0 Å². The maximum Gasteiger partial charge on any atom is 0.129 e. The number of rotatable bonds is 0. The molecule has 2 aliphatic rings. The predicted octanol–water partition coefficient (Wildman–Crippen LogP) is 3.03. The minimum Gasteiger partial charge on any atom is -0.508 e. The normalized spacial score (nSPS) is 30.0. The fraction of sp³-hybridized carbons (Fsp3) is 0.571. The van der Waals surface area contributed by atoms with Gasteiger partial charge in [0.1, 0.15) is 17.1 Å². The highest BCUT2D eigenvalue weighted by molar-refractivity contribution is 5.44. The molecular weight excluding hydrogens is 216 g/mol. The SMILES string of the molecule is CC1(C)Oc2cc(O)ccc2[C@@H]2OCCC[C@H]21. The zero-order chi connectivity index (χ0) is 12.0. The van der Waals surface area contributed by atoms with Gasteiger partial charge in [0, 0.05) is 24.2 Å². The highest BCUT2D eigenvalue weighted by Gasteiger charge is 2.45. The van der Waals surface area contributed by atoms with E-state index in [-0.39, 0.29) is 17.5 Å². The number of phenols is 1. The lowest BCUT2D eigenvalue weighted by atomic mass is 9.76. The molecule has 0 amide bonds. The Balaban J connectivity index is 2.08. The second kappa shape index (κ2) is 3.64. The number of fused-ring (bicyclic) bond motifs is 3. The van der Waals surface area contributed by atoms with Gasteiger partial charge in [-0.25, -0.2) is 0 Å². The molecule has 0 unspecified atom stereocenters. The third-order valence-corrected chi connectivity index (χ3v) is 3.89. The first-order chi connectivity index (χ1) is 8.08. The highest BCUT2D eigenvalue weighted by Crippen LogP contribution is 2.49. The molecule has 1 saturated heterocycles. The maximum atomic E-state index is 9.53. The summed E-state index contributed by atoms with van der Waals surface area (Å²) in [4.78, 5) is 0. The summed E-state index contributed by atoms with van der Waals surface area (Å²) in [6, 6.07) is 5.31. The predicted molar refractivity (Wildman–Crippen MR) is 64.2 cm³/mol. The maximum absolute atomic E-state index is 9.53. The molecule has 0 spiro atoms. The van der Waals surface area contributed by atoms with Gasteiger partial charge in [-0.2, -0.15) is 0 Å². The molecule has 1 aromatic carbocycles. The van der Waals surface area contributed by atoms with Crippen molar-refractivity contribution in [2.75, 3.05) is 6.61 Å². The molecule has 3 heteroatoms. The van der Waals surface area contributed by atoms with Crippen LogP contribution in [0.4, 0.5) is 0 Å². The Morgan fingerprint density at radius 3 is 3.00 bits per heavy atom. The summed E-state index contributed by atoms with van der Waals surface area (Å²) < 4.78 is 12.0. The van der Waals surface area contributed by atoms with E-state index in [1.54, 1.807) is 12.1 Å². The third kappa shape index (κ3) is 1.69. The topological polar surface area (TPSA) is 38.7 Å². The van der Waals surface area contributed by atoms with E-state index in [2.05, 4.69) is 13.8 Å². The molecule has 0 aromatic heterocycles. The zero-order valence-corrected chi connectivity index (χ0v) is 10.3. The van der Waals surface area contributed by atoms with Crippen molar-refractivity contribution in [3.05, 3.63) is 23.8 Å². The van der Waals surface area contributed by atoms with Crippen LogP contribution in [-0.2, 0) is 4.74 Å². The average Bonchev–Trinajstić information content (AvgIpc) is 2.28. The molecule has 2 heterocycles. The molecule has 92 valence electrons. The van der Waals surface area contributed by atoms with Crippen LogP contribution in [0.25, 0.3) is 0 Å². The van der Waals surface area contributed by atoms with Crippen LogP contribution in [0.1, 0.15) is 38.4 Å². The van der Waals surface area contributed by atoms with Crippen LogP contribution >= 0.6 is 0 Å². The van der Waals surface area contributed by atoms with Crippen molar-refractivity contribution in [1.29, 1.82) is 0 Å². The Kier molecular flexibility index (Phi) is 2.33. The lowest BCUT2D eigenvalue weighted by Gasteiger charge is -2.46. The quantitative estimate of drug-likeness (QED) is 0.750. The number of ether oxygens (including phenoxy) is 2. The van der Waals surface area contributed by atoms with E-state index in [1.807, 2.05) is 6.07 Å². The van der Waals surface area contributed by atoms with E-state index < -0.39 is 0 Å². The Bertz CT molecular complexity index is 439. The molecule has 0 aliphatic carbocycles. The van der Waals surface area contributed by atoms with Crippen molar-refractivity contribution in [1.82, 2.24) is 0 Å². The van der Waals surface area contributed by atoms with Crippen LogP contribution in [0.2, 0.25) is 0 Å². The standard InChI is InChI=1S/C14H18O3/c1-14(2)11-4-3-7-16-13(11)10-6-5-9(15)8-12(10)17-14/h5-6,8,11,13,15H,3-4,7H2,1-2H3/t11-,13+/m1/s1.